The van der Waals surface area contributed by atoms with Gasteiger partial charge < -0.3 is 5.11 Å². The van der Waals surface area contributed by atoms with Crippen molar-refractivity contribution < 1.29 is 19.5 Å². The highest BCUT2D eigenvalue weighted by Crippen LogP contribution is 2.22. The Bertz CT molecular complexity index is 543. The third kappa shape index (κ3) is 2.84. The second-order valence-corrected chi connectivity index (χ2v) is 5.17. The molecule has 6 heteroatoms. The fourth-order valence-electron chi connectivity index (χ4n) is 2.12. The molecule has 0 spiro atoms. The topological polar surface area (TPSA) is 74.7 Å². The van der Waals surface area contributed by atoms with Gasteiger partial charge in [-0.1, -0.05) is 34.1 Å². The third-order valence-corrected chi connectivity index (χ3v) is 3.84. The largest absolute Gasteiger partial charge is 0.480 e. The molecule has 1 atom stereocenters. The number of hydrogen-bond donors (Lipinski definition) is 1. The van der Waals surface area contributed by atoms with Gasteiger partial charge in [0.2, 0.25) is 11.8 Å². The Morgan fingerprint density at radius 3 is 2.68 bits per heavy atom. The highest BCUT2D eigenvalue weighted by atomic mass is 79.9. The average Bonchev–Trinajstić information content (AvgIpc) is 2.74. The summed E-state index contributed by atoms with van der Waals surface area (Å²) in [6, 6.07) is 6.14. The van der Waals surface area contributed by atoms with Crippen molar-refractivity contribution in [2.45, 2.75) is 25.3 Å². The number of hydrogen-bond acceptors (Lipinski definition) is 3. The highest BCUT2D eigenvalue weighted by molar-refractivity contribution is 9.10. The van der Waals surface area contributed by atoms with Crippen molar-refractivity contribution >= 4 is 33.7 Å². The number of benzene rings is 1. The SMILES string of the molecule is O=C(O)C1CCC(=O)N1C(=O)Cc1ccccc1Br. The van der Waals surface area contributed by atoms with Crippen LogP contribution < -0.4 is 0 Å². The van der Waals surface area contributed by atoms with E-state index in [1.807, 2.05) is 6.07 Å². The molecular formula is C13H12BrNO4. The molecular weight excluding hydrogens is 314 g/mol. The van der Waals surface area contributed by atoms with E-state index in [0.717, 1.165) is 14.9 Å². The fourth-order valence-corrected chi connectivity index (χ4v) is 2.55. The minimum absolute atomic E-state index is 0.0109. The zero-order valence-electron chi connectivity index (χ0n) is 10.0. The van der Waals surface area contributed by atoms with Gasteiger partial charge in [-0.15, -0.1) is 0 Å². The lowest BCUT2D eigenvalue weighted by atomic mass is 10.1. The Balaban J connectivity index is 2.17. The fraction of sp³-hybridized carbons (Fsp3) is 0.308. The van der Waals surface area contributed by atoms with Crippen LogP contribution in [-0.2, 0) is 20.8 Å². The van der Waals surface area contributed by atoms with E-state index in [4.69, 9.17) is 5.11 Å². The summed E-state index contributed by atoms with van der Waals surface area (Å²) in [7, 11) is 0. The molecule has 1 aliphatic heterocycles. The second-order valence-electron chi connectivity index (χ2n) is 4.32. The predicted octanol–water partition coefficient (Wildman–Crippen LogP) is 1.59. The second kappa shape index (κ2) is 5.52. The van der Waals surface area contributed by atoms with Crippen LogP contribution in [0.4, 0.5) is 0 Å². The van der Waals surface area contributed by atoms with E-state index in [-0.39, 0.29) is 19.3 Å². The normalized spacial score (nSPS) is 18.7. The van der Waals surface area contributed by atoms with Crippen molar-refractivity contribution in [3.63, 3.8) is 0 Å². The maximum Gasteiger partial charge on any atom is 0.326 e. The van der Waals surface area contributed by atoms with Crippen molar-refractivity contribution in [3.05, 3.63) is 34.3 Å². The molecule has 1 N–H and O–H groups in total. The quantitative estimate of drug-likeness (QED) is 0.915. The van der Waals surface area contributed by atoms with Crippen LogP contribution in [0.15, 0.2) is 28.7 Å². The molecule has 0 aromatic heterocycles. The van der Waals surface area contributed by atoms with Gasteiger partial charge in [-0.2, -0.15) is 0 Å². The number of halogens is 1. The van der Waals surface area contributed by atoms with Crippen LogP contribution in [0.1, 0.15) is 18.4 Å². The molecule has 5 nitrogen and oxygen atoms in total. The number of imide groups is 1. The molecule has 0 bridgehead atoms. The smallest absolute Gasteiger partial charge is 0.326 e. The number of nitrogens with zero attached hydrogens (tertiary/aromatic N) is 1. The molecule has 2 rings (SSSR count). The maximum atomic E-state index is 12.1. The first-order chi connectivity index (χ1) is 9.00. The van der Waals surface area contributed by atoms with Crippen LogP contribution in [0.25, 0.3) is 0 Å². The first kappa shape index (κ1) is 13.7. The van der Waals surface area contributed by atoms with Crippen molar-refractivity contribution in [1.82, 2.24) is 4.90 Å². The van der Waals surface area contributed by atoms with Gasteiger partial charge in [0.05, 0.1) is 6.42 Å². The monoisotopic (exact) mass is 325 g/mol. The summed E-state index contributed by atoms with van der Waals surface area (Å²) in [5, 5.41) is 9.02. The van der Waals surface area contributed by atoms with E-state index in [9.17, 15) is 14.4 Å². The van der Waals surface area contributed by atoms with Crippen LogP contribution in [-0.4, -0.2) is 33.8 Å². The van der Waals surface area contributed by atoms with Crippen molar-refractivity contribution in [2.24, 2.45) is 0 Å². The van der Waals surface area contributed by atoms with Gasteiger partial charge in [-0.05, 0) is 18.1 Å². The standard InChI is InChI=1S/C13H12BrNO4/c14-9-4-2-1-3-8(9)7-12(17)15-10(13(18)19)5-6-11(15)16/h1-4,10H,5-7H2,(H,18,19). The van der Waals surface area contributed by atoms with Crippen LogP contribution in [0, 0.1) is 0 Å². The minimum atomic E-state index is -1.13. The molecule has 0 aliphatic carbocycles. The molecule has 1 heterocycles. The molecule has 1 aromatic rings. The summed E-state index contributed by atoms with van der Waals surface area (Å²) >= 11 is 3.32. The first-order valence-corrected chi connectivity index (χ1v) is 6.61. The van der Waals surface area contributed by atoms with Gasteiger partial charge in [-0.3, -0.25) is 14.5 Å². The molecule has 1 saturated heterocycles. The first-order valence-electron chi connectivity index (χ1n) is 5.82. The number of carbonyl (C=O) groups excluding carboxylic acids is 2. The van der Waals surface area contributed by atoms with Gasteiger partial charge in [0.25, 0.3) is 0 Å². The van der Waals surface area contributed by atoms with Gasteiger partial charge in [0.1, 0.15) is 6.04 Å². The number of likely N-dealkylation sites (tertiary alicyclic amines) is 1. The van der Waals surface area contributed by atoms with Gasteiger partial charge in [0.15, 0.2) is 0 Å². The van der Waals surface area contributed by atoms with Crippen molar-refractivity contribution in [3.8, 4) is 0 Å². The molecule has 19 heavy (non-hydrogen) atoms. The number of rotatable bonds is 3. The van der Waals surface area contributed by atoms with E-state index in [1.165, 1.54) is 0 Å². The number of carbonyl (C=O) groups is 3. The molecule has 0 saturated carbocycles. The summed E-state index contributed by atoms with van der Waals surface area (Å²) in [5.41, 5.74) is 0.733. The van der Waals surface area contributed by atoms with E-state index >= 15 is 0 Å². The third-order valence-electron chi connectivity index (χ3n) is 3.07. The lowest BCUT2D eigenvalue weighted by Crippen LogP contribution is -2.43. The molecule has 1 fully saturated rings. The Hall–Kier alpha value is -1.69. The summed E-state index contributed by atoms with van der Waals surface area (Å²) in [6.45, 7) is 0. The number of aliphatic carboxylic acids is 1. The summed E-state index contributed by atoms with van der Waals surface area (Å²) in [6.07, 6.45) is 0.311. The zero-order chi connectivity index (χ0) is 14.0. The molecule has 2 amide bonds. The Kier molecular flexibility index (Phi) is 3.99. The molecule has 1 aromatic carbocycles. The Labute approximate surface area is 118 Å². The van der Waals surface area contributed by atoms with Gasteiger partial charge in [-0.25, -0.2) is 4.79 Å². The number of carboxylic acid groups (broad SMARTS) is 1. The predicted molar refractivity (Wildman–Crippen MR) is 70.4 cm³/mol. The number of amides is 2. The lowest BCUT2D eigenvalue weighted by Gasteiger charge is -2.19. The van der Waals surface area contributed by atoms with Crippen LogP contribution in [0.2, 0.25) is 0 Å². The van der Waals surface area contributed by atoms with E-state index in [1.54, 1.807) is 18.2 Å². The molecule has 0 radical (unpaired) electrons. The molecule has 1 aliphatic rings. The average molecular weight is 326 g/mol. The molecule has 1 unspecified atom stereocenters. The maximum absolute atomic E-state index is 12.1. The minimum Gasteiger partial charge on any atom is -0.480 e. The lowest BCUT2D eigenvalue weighted by molar-refractivity contribution is -0.153. The summed E-state index contributed by atoms with van der Waals surface area (Å²) in [4.78, 5) is 35.7. The Morgan fingerprint density at radius 2 is 2.05 bits per heavy atom. The van der Waals surface area contributed by atoms with E-state index in [2.05, 4.69) is 15.9 Å². The van der Waals surface area contributed by atoms with Gasteiger partial charge in [0, 0.05) is 10.9 Å². The Morgan fingerprint density at radius 1 is 1.37 bits per heavy atom. The van der Waals surface area contributed by atoms with Crippen molar-refractivity contribution in [1.29, 1.82) is 0 Å². The summed E-state index contributed by atoms with van der Waals surface area (Å²) in [5.74, 6) is -2.02. The molecule has 100 valence electrons. The van der Waals surface area contributed by atoms with E-state index in [0.29, 0.717) is 0 Å². The van der Waals surface area contributed by atoms with Crippen LogP contribution in [0.5, 0.6) is 0 Å². The number of carboxylic acids is 1. The van der Waals surface area contributed by atoms with E-state index < -0.39 is 23.8 Å². The summed E-state index contributed by atoms with van der Waals surface area (Å²) < 4.78 is 0.766. The van der Waals surface area contributed by atoms with Gasteiger partial charge >= 0.3 is 5.97 Å². The van der Waals surface area contributed by atoms with Crippen LogP contribution >= 0.6 is 15.9 Å². The highest BCUT2D eigenvalue weighted by Gasteiger charge is 2.39. The van der Waals surface area contributed by atoms with Crippen molar-refractivity contribution in [2.75, 3.05) is 0 Å². The zero-order valence-corrected chi connectivity index (χ0v) is 11.6. The van der Waals surface area contributed by atoms with Crippen LogP contribution in [0.3, 0.4) is 0 Å².